The van der Waals surface area contributed by atoms with Crippen LogP contribution in [0.15, 0.2) is 253 Å². The smallest absolute Gasteiger partial charge is 0.255 e. The van der Waals surface area contributed by atoms with Crippen LogP contribution < -0.4 is 0 Å². The van der Waals surface area contributed by atoms with Crippen molar-refractivity contribution in [3.8, 4) is 0 Å². The molecule has 6 aromatic rings. The number of hydrogen-bond acceptors (Lipinski definition) is 25. The maximum absolute atomic E-state index is 13.5. The van der Waals surface area contributed by atoms with Crippen molar-refractivity contribution in [2.45, 2.75) is 105 Å². The van der Waals surface area contributed by atoms with E-state index >= 15 is 0 Å². The molecular formula is C72H54N8O16S9. The van der Waals surface area contributed by atoms with Gasteiger partial charge in [-0.1, -0.05) is 35.3 Å². The summed E-state index contributed by atoms with van der Waals surface area (Å²) in [4.78, 5) is 215. The number of imide groups is 8. The monoisotopic (exact) mass is 1570 g/mol. The van der Waals surface area contributed by atoms with Crippen LogP contribution in [-0.2, 0) is 76.7 Å². The van der Waals surface area contributed by atoms with Crippen molar-refractivity contribution >= 4 is 202 Å². The molecule has 4 saturated heterocycles. The van der Waals surface area contributed by atoms with Crippen molar-refractivity contribution in [3.05, 3.63) is 194 Å². The van der Waals surface area contributed by atoms with E-state index in [2.05, 4.69) is 49.5 Å². The average Bonchev–Trinajstić information content (AvgIpc) is 1.66. The number of carbonyl (C=O) groups excluding carboxylic acids is 16. The zero-order valence-electron chi connectivity index (χ0n) is 54.3. The van der Waals surface area contributed by atoms with Gasteiger partial charge in [0.2, 0.25) is 47.3 Å². The van der Waals surface area contributed by atoms with E-state index in [9.17, 15) is 76.7 Å². The molecular weight excluding hydrogens is 1520 g/mol. The van der Waals surface area contributed by atoms with E-state index in [-0.39, 0.29) is 32.4 Å². The highest BCUT2D eigenvalue weighted by atomic mass is 32.2. The van der Waals surface area contributed by atoms with Crippen LogP contribution in [0.25, 0.3) is 0 Å². The molecule has 14 rings (SSSR count). The highest BCUT2D eigenvalue weighted by Gasteiger charge is 2.47. The van der Waals surface area contributed by atoms with Gasteiger partial charge in [0, 0.05) is 133 Å². The van der Waals surface area contributed by atoms with Crippen LogP contribution >= 0.6 is 108 Å². The fraction of sp³-hybridized carbons (Fsp3) is 0.167. The van der Waals surface area contributed by atoms with Crippen LogP contribution in [0.5, 0.6) is 0 Å². The molecule has 532 valence electrons. The maximum atomic E-state index is 13.5. The largest absolute Gasteiger partial charge is 0.274 e. The van der Waals surface area contributed by atoms with Gasteiger partial charge in [0.1, 0.15) is 26.7 Å². The lowest BCUT2D eigenvalue weighted by molar-refractivity contribution is -0.150. The van der Waals surface area contributed by atoms with Gasteiger partial charge in [-0.05, 0) is 146 Å². The summed E-state index contributed by atoms with van der Waals surface area (Å²) in [5, 5.41) is -2.85. The van der Waals surface area contributed by atoms with Crippen molar-refractivity contribution < 1.29 is 76.7 Å². The van der Waals surface area contributed by atoms with Crippen LogP contribution in [0, 0.1) is 0 Å². The van der Waals surface area contributed by atoms with Gasteiger partial charge in [0.25, 0.3) is 47.3 Å². The first-order chi connectivity index (χ1) is 50.4. The lowest BCUT2D eigenvalue weighted by Crippen LogP contribution is -2.44. The van der Waals surface area contributed by atoms with Gasteiger partial charge in [-0.2, -0.15) is 0 Å². The molecule has 24 nitrogen and oxygen atoms in total. The quantitative estimate of drug-likeness (QED) is 0.0475. The third kappa shape index (κ3) is 18.3. The first kappa shape index (κ1) is 75.2. The second-order valence-electron chi connectivity index (χ2n) is 23.4. The fourth-order valence-electron chi connectivity index (χ4n) is 10.9. The molecule has 4 fully saturated rings. The summed E-state index contributed by atoms with van der Waals surface area (Å²) in [6.45, 7) is -1.60. The molecule has 8 heterocycles. The van der Waals surface area contributed by atoms with Crippen LogP contribution in [0.4, 0.5) is 0 Å². The van der Waals surface area contributed by atoms with E-state index in [4.69, 9.17) is 0 Å². The van der Waals surface area contributed by atoms with E-state index < -0.39 is 136 Å². The van der Waals surface area contributed by atoms with Gasteiger partial charge in [0.15, 0.2) is 0 Å². The summed E-state index contributed by atoms with van der Waals surface area (Å²) in [7, 11) is 0. The van der Waals surface area contributed by atoms with Crippen molar-refractivity contribution in [2.75, 3.05) is 26.7 Å². The molecule has 0 radical (unpaired) electrons. The summed E-state index contributed by atoms with van der Waals surface area (Å²) in [6.07, 6.45) is 8.51. The van der Waals surface area contributed by atoms with Gasteiger partial charge >= 0.3 is 0 Å². The Kier molecular flexibility index (Phi) is 23.9. The van der Waals surface area contributed by atoms with Crippen LogP contribution in [0.2, 0.25) is 0 Å². The van der Waals surface area contributed by atoms with Gasteiger partial charge in [-0.15, -0.1) is 72.3 Å². The summed E-state index contributed by atoms with van der Waals surface area (Å²) >= 11 is 18.1. The number of amides is 16. The molecule has 0 aliphatic carbocycles. The van der Waals surface area contributed by atoms with E-state index in [1.165, 1.54) is 80.4 Å². The minimum Gasteiger partial charge on any atom is -0.274 e. The van der Waals surface area contributed by atoms with Gasteiger partial charge in [0.05, 0.1) is 21.0 Å². The second-order valence-corrected chi connectivity index (χ2v) is 33.0. The Morgan fingerprint density at radius 3 is 0.571 bits per heavy atom. The zero-order chi connectivity index (χ0) is 74.3. The molecule has 33 heteroatoms. The summed E-state index contributed by atoms with van der Waals surface area (Å²) < 4.78 is 0. The Morgan fingerprint density at radius 2 is 0.381 bits per heavy atom. The first-order valence-electron chi connectivity index (χ1n) is 31.6. The Morgan fingerprint density at radius 1 is 0.229 bits per heavy atom. The predicted octanol–water partition coefficient (Wildman–Crippen LogP) is 8.50. The number of likely N-dealkylation sites (tertiary alicyclic amines) is 4. The topological polar surface area (TPSA) is 299 Å². The predicted molar refractivity (Wildman–Crippen MR) is 393 cm³/mol. The molecule has 6 aromatic carbocycles. The highest BCUT2D eigenvalue weighted by Crippen LogP contribution is 2.40. The average molecular weight is 1580 g/mol. The minimum absolute atomic E-state index is 0.0504. The number of rotatable bonds is 22. The standard InChI is InChI=1S/C51H38N6O12S6.C12H10S3.C9H6N2O4/c58-40-17-18-41(59)52(40)25-54-44(62)21-36(48(54)66)72-32-9-1-28(2-10-32)70-30-5-13-34(14-6-30)74-38-23-46(64)56(50(38)68)27-57-47(65)24-39(51(57)69)75-35-15-7-31(8-16-35)71-29-3-11-33(12-4-29)73-37-22-45(63)55(49(37)67)26-53-42(60)19-20-43(53)61;13-9-1-5-11(6-2-9)15-12-7-3-10(14)4-8-12;12-6-1-2-7(13)10(6)5-11-8(14)3-4-9(11)15/h1-20,36-39H,21-27H2;1-8,13-14H;1-4H,5H2. The van der Waals surface area contributed by atoms with Crippen LogP contribution in [-0.4, -0.2) is 181 Å². The molecule has 8 aliphatic heterocycles. The van der Waals surface area contributed by atoms with E-state index in [0.29, 0.717) is 0 Å². The second kappa shape index (κ2) is 33.3. The maximum Gasteiger partial charge on any atom is 0.255 e. The third-order valence-corrected chi connectivity index (χ3v) is 24.8. The molecule has 0 aromatic heterocycles. The molecule has 105 heavy (non-hydrogen) atoms. The molecule has 0 saturated carbocycles. The normalized spacial score (nSPS) is 20.0. The number of carbonyl (C=O) groups is 16. The molecule has 4 atom stereocenters. The Labute approximate surface area is 639 Å². The zero-order valence-corrected chi connectivity index (χ0v) is 61.8. The SMILES string of the molecule is O=C1C=CC(=O)N1CN1C(=O)C=CC1=O.O=C1C=CC(=O)N1CN1C(=O)CC(Sc2ccc(Sc3ccc(SC4CC(=O)N(CN5C(=O)CC(Sc6ccc(Sc7ccc(SC8CC(=O)N(CN9C(=O)C=CC9=O)C8=O)cc7)cc6)C5=O)C4=O)cc3)cc2)C1=O.Sc1ccc(Sc2ccc(S)cc2)cc1. The molecule has 0 bridgehead atoms. The van der Waals surface area contributed by atoms with E-state index in [1.54, 1.807) is 11.8 Å². The Hall–Kier alpha value is -9.45. The molecule has 16 amide bonds. The van der Waals surface area contributed by atoms with Crippen molar-refractivity contribution in [1.82, 2.24) is 39.2 Å². The number of hydrogen-bond donors (Lipinski definition) is 2. The van der Waals surface area contributed by atoms with Crippen LogP contribution in [0.1, 0.15) is 25.7 Å². The number of benzene rings is 6. The highest BCUT2D eigenvalue weighted by molar-refractivity contribution is 8.02. The van der Waals surface area contributed by atoms with E-state index in [1.807, 2.05) is 121 Å². The Balaban J connectivity index is 0.000000282. The number of nitrogens with zero attached hydrogens (tertiary/aromatic N) is 8. The number of thiol groups is 2. The molecule has 8 aliphatic rings. The van der Waals surface area contributed by atoms with Gasteiger partial charge in [-0.3, -0.25) is 116 Å². The fourth-order valence-corrected chi connectivity index (χ4v) is 17.9. The third-order valence-electron chi connectivity index (χ3n) is 16.3. The van der Waals surface area contributed by atoms with Gasteiger partial charge < -0.3 is 0 Å². The summed E-state index contributed by atoms with van der Waals surface area (Å²) in [6, 6.07) is 46.1. The molecule has 4 unspecified atom stereocenters. The number of thioether (sulfide) groups is 4. The van der Waals surface area contributed by atoms with E-state index in [0.717, 1.165) is 137 Å². The minimum atomic E-state index is -0.739. The van der Waals surface area contributed by atoms with Crippen molar-refractivity contribution in [1.29, 1.82) is 0 Å². The molecule has 0 N–H and O–H groups in total. The Bertz CT molecular complexity index is 4390. The summed E-state index contributed by atoms with van der Waals surface area (Å²) in [5.74, 6) is -8.14. The molecule has 0 spiro atoms. The lowest BCUT2D eigenvalue weighted by Gasteiger charge is -2.21. The lowest BCUT2D eigenvalue weighted by atomic mass is 10.3. The first-order valence-corrected chi connectivity index (χ1v) is 38.4. The van der Waals surface area contributed by atoms with Crippen molar-refractivity contribution in [2.24, 2.45) is 0 Å². The van der Waals surface area contributed by atoms with Gasteiger partial charge in [-0.25, -0.2) is 0 Å². The summed E-state index contributed by atoms with van der Waals surface area (Å²) in [5.41, 5.74) is 0. The van der Waals surface area contributed by atoms with Crippen LogP contribution in [0.3, 0.4) is 0 Å². The van der Waals surface area contributed by atoms with Crippen molar-refractivity contribution in [3.63, 3.8) is 0 Å².